The molecule has 2 aliphatic rings. The highest BCUT2D eigenvalue weighted by Gasteiger charge is 2.53. The zero-order valence-corrected chi connectivity index (χ0v) is 23.6. The van der Waals surface area contributed by atoms with Gasteiger partial charge in [0.05, 0.1) is 35.6 Å². The second-order valence-corrected chi connectivity index (χ2v) is 9.88. The first-order valence-electron chi connectivity index (χ1n) is 12.8. The first-order chi connectivity index (χ1) is 18.7. The highest BCUT2D eigenvalue weighted by molar-refractivity contribution is 6.12. The van der Waals surface area contributed by atoms with Gasteiger partial charge in [0.15, 0.2) is 5.78 Å². The van der Waals surface area contributed by atoms with E-state index in [0.29, 0.717) is 20.3 Å². The second-order valence-electron chi connectivity index (χ2n) is 9.88. The summed E-state index contributed by atoms with van der Waals surface area (Å²) < 4.78 is 27.4. The molecule has 0 saturated heterocycles. The van der Waals surface area contributed by atoms with Crippen LogP contribution >= 0.6 is 0 Å². The Morgan fingerprint density at radius 2 is 1.18 bits per heavy atom. The summed E-state index contributed by atoms with van der Waals surface area (Å²) in [7, 11) is 0. The van der Waals surface area contributed by atoms with E-state index in [9.17, 15) is 24.0 Å². The molecule has 0 bridgehead atoms. The molecule has 218 valence electrons. The Morgan fingerprint density at radius 3 is 1.73 bits per heavy atom. The molecule has 40 heavy (non-hydrogen) atoms. The van der Waals surface area contributed by atoms with Crippen molar-refractivity contribution in [1.82, 2.24) is 20.3 Å². The predicted octanol–water partition coefficient (Wildman–Crippen LogP) is 4.62. The third-order valence-corrected chi connectivity index (χ3v) is 5.02. The molecule has 4 amide bonds. The Kier molecular flexibility index (Phi) is 9.12. The molecule has 0 saturated carbocycles. The molecule has 3 rings (SSSR count). The van der Waals surface area contributed by atoms with Gasteiger partial charge in [0.1, 0.15) is 5.75 Å². The topological polar surface area (TPSA) is 144 Å². The number of hydrogen-bond acceptors (Lipinski definition) is 10. The van der Waals surface area contributed by atoms with Crippen molar-refractivity contribution in [2.24, 2.45) is 0 Å². The molecule has 1 atom stereocenters. The first-order valence-corrected chi connectivity index (χ1v) is 12.8. The van der Waals surface area contributed by atoms with Crippen molar-refractivity contribution in [2.45, 2.75) is 86.0 Å². The fourth-order valence-electron chi connectivity index (χ4n) is 3.62. The number of benzene rings is 1. The molecule has 2 aliphatic heterocycles. The monoisotopic (exact) mass is 562 g/mol. The standard InChI is InChI=1S/C26H34N4O10/c1-14(2)36-23(32)27-13-19-21(31)18-11-9-10-12-20(18)40-22(19)28(24(33)37-15(3)4)30(26(35)39-17(7)8)29(27)25(34)38-16(5)6/h9-17,22H,1-8H3. The first kappa shape index (κ1) is 30.1. The van der Waals surface area contributed by atoms with Gasteiger partial charge in [-0.15, -0.1) is 5.01 Å². The Bertz CT molecular complexity index is 1200. The summed E-state index contributed by atoms with van der Waals surface area (Å²) in [6.45, 7) is 12.4. The van der Waals surface area contributed by atoms with Crippen molar-refractivity contribution in [3.05, 3.63) is 41.6 Å². The molecule has 0 spiro atoms. The van der Waals surface area contributed by atoms with Gasteiger partial charge in [-0.3, -0.25) is 4.79 Å². The quantitative estimate of drug-likeness (QED) is 0.477. The van der Waals surface area contributed by atoms with E-state index in [1.54, 1.807) is 39.8 Å². The van der Waals surface area contributed by atoms with E-state index in [-0.39, 0.29) is 16.9 Å². The number of nitrogens with zero attached hydrogens (tertiary/aromatic N) is 4. The fraction of sp³-hybridized carbons (Fsp3) is 0.500. The van der Waals surface area contributed by atoms with E-state index >= 15 is 0 Å². The van der Waals surface area contributed by atoms with Crippen LogP contribution in [0.3, 0.4) is 0 Å². The number of carbonyl (C=O) groups is 5. The minimum atomic E-state index is -1.68. The summed E-state index contributed by atoms with van der Waals surface area (Å²) in [6, 6.07) is 6.19. The lowest BCUT2D eigenvalue weighted by Gasteiger charge is -2.42. The van der Waals surface area contributed by atoms with Crippen LogP contribution in [0.1, 0.15) is 65.7 Å². The average Bonchev–Trinajstić information content (AvgIpc) is 2.98. The molecule has 0 aromatic heterocycles. The van der Waals surface area contributed by atoms with Gasteiger partial charge in [0.25, 0.3) is 0 Å². The molecule has 1 unspecified atom stereocenters. The van der Waals surface area contributed by atoms with Crippen molar-refractivity contribution in [3.8, 4) is 5.75 Å². The highest BCUT2D eigenvalue weighted by Crippen LogP contribution is 2.36. The molecule has 1 aromatic rings. The Hall–Kier alpha value is -4.49. The van der Waals surface area contributed by atoms with E-state index in [4.69, 9.17) is 23.7 Å². The van der Waals surface area contributed by atoms with E-state index in [1.165, 1.54) is 39.8 Å². The van der Waals surface area contributed by atoms with Gasteiger partial charge < -0.3 is 23.7 Å². The zero-order valence-electron chi connectivity index (χ0n) is 23.6. The van der Waals surface area contributed by atoms with Crippen molar-refractivity contribution < 1.29 is 47.7 Å². The number of Topliss-reactive ketones (excluding diaryl/α,β-unsaturated/α-hetero) is 1. The van der Waals surface area contributed by atoms with Crippen LogP contribution in [-0.2, 0) is 18.9 Å². The summed E-state index contributed by atoms with van der Waals surface area (Å²) >= 11 is 0. The van der Waals surface area contributed by atoms with Crippen molar-refractivity contribution in [3.63, 3.8) is 0 Å². The number of amides is 4. The van der Waals surface area contributed by atoms with Crippen molar-refractivity contribution >= 4 is 30.2 Å². The van der Waals surface area contributed by atoms with Crippen LogP contribution in [0, 0.1) is 0 Å². The predicted molar refractivity (Wildman–Crippen MR) is 137 cm³/mol. The summed E-state index contributed by atoms with van der Waals surface area (Å²) in [5.41, 5.74) is -0.170. The lowest BCUT2D eigenvalue weighted by Crippen LogP contribution is -2.67. The van der Waals surface area contributed by atoms with Crippen LogP contribution in [-0.4, -0.2) is 81.1 Å². The molecular formula is C26H34N4O10. The molecule has 2 heterocycles. The third-order valence-electron chi connectivity index (χ3n) is 5.02. The maximum atomic E-state index is 13.7. The van der Waals surface area contributed by atoms with Gasteiger partial charge in [0, 0.05) is 6.20 Å². The number of rotatable bonds is 4. The number of ketones is 1. The second kappa shape index (κ2) is 12.1. The summed E-state index contributed by atoms with van der Waals surface area (Å²) in [5.74, 6) is -0.559. The number of carbonyl (C=O) groups excluding carboxylic acids is 5. The van der Waals surface area contributed by atoms with Gasteiger partial charge in [-0.25, -0.2) is 19.2 Å². The number of ether oxygens (including phenoxy) is 5. The molecule has 14 nitrogen and oxygen atoms in total. The molecule has 0 fully saturated rings. The molecule has 0 aliphatic carbocycles. The zero-order chi connectivity index (χ0) is 29.9. The minimum Gasteiger partial charge on any atom is -0.463 e. The lowest BCUT2D eigenvalue weighted by atomic mass is 9.99. The van der Waals surface area contributed by atoms with Gasteiger partial charge >= 0.3 is 24.4 Å². The third kappa shape index (κ3) is 6.38. The SMILES string of the molecule is CC(C)OC(=O)N1C=C2C(=O)c3ccccc3OC2N(C(=O)OC(C)C)N(C(=O)OC(C)C)N1C(=O)OC(C)C. The van der Waals surface area contributed by atoms with Gasteiger partial charge in [-0.1, -0.05) is 22.4 Å². The Balaban J connectivity index is 2.36. The lowest BCUT2D eigenvalue weighted by molar-refractivity contribution is -0.218. The van der Waals surface area contributed by atoms with Crippen molar-refractivity contribution in [2.75, 3.05) is 0 Å². The maximum Gasteiger partial charge on any atom is 0.451 e. The molecule has 14 heteroatoms. The summed E-state index contributed by atoms with van der Waals surface area (Å²) in [5, 5.41) is 1.91. The van der Waals surface area contributed by atoms with Gasteiger partial charge in [-0.2, -0.15) is 5.01 Å². The van der Waals surface area contributed by atoms with Crippen LogP contribution < -0.4 is 4.74 Å². The van der Waals surface area contributed by atoms with E-state index in [2.05, 4.69) is 0 Å². The van der Waals surface area contributed by atoms with Gasteiger partial charge in [0.2, 0.25) is 6.23 Å². The molecule has 0 radical (unpaired) electrons. The smallest absolute Gasteiger partial charge is 0.451 e. The largest absolute Gasteiger partial charge is 0.463 e. The van der Waals surface area contributed by atoms with Crippen LogP contribution in [0.4, 0.5) is 19.2 Å². The van der Waals surface area contributed by atoms with Crippen LogP contribution in [0.25, 0.3) is 0 Å². The molecule has 1 aromatic carbocycles. The summed E-state index contributed by atoms with van der Waals surface area (Å²) in [6.07, 6.45) is -8.50. The van der Waals surface area contributed by atoms with Crippen LogP contribution in [0.15, 0.2) is 36.0 Å². The van der Waals surface area contributed by atoms with Crippen molar-refractivity contribution in [1.29, 1.82) is 0 Å². The average molecular weight is 563 g/mol. The van der Waals surface area contributed by atoms with Crippen LogP contribution in [0.2, 0.25) is 0 Å². The molecule has 0 N–H and O–H groups in total. The van der Waals surface area contributed by atoms with E-state index in [1.807, 2.05) is 0 Å². The van der Waals surface area contributed by atoms with Gasteiger partial charge in [-0.05, 0) is 67.5 Å². The van der Waals surface area contributed by atoms with E-state index < -0.39 is 60.8 Å². The number of hydrogen-bond donors (Lipinski definition) is 0. The number of fused-ring (bicyclic) bond motifs is 2. The normalized spacial score (nSPS) is 16.8. The Morgan fingerprint density at radius 1 is 0.700 bits per heavy atom. The Labute approximate surface area is 231 Å². The number of hydrazine groups is 3. The summed E-state index contributed by atoms with van der Waals surface area (Å²) in [4.78, 5) is 67.8. The highest BCUT2D eigenvalue weighted by atomic mass is 16.6. The van der Waals surface area contributed by atoms with Crippen LogP contribution in [0.5, 0.6) is 5.75 Å². The maximum absolute atomic E-state index is 13.7. The number of para-hydroxylation sites is 1. The van der Waals surface area contributed by atoms with E-state index in [0.717, 1.165) is 6.20 Å². The minimum absolute atomic E-state index is 0.0867. The molecular weight excluding hydrogens is 528 g/mol. The fourth-order valence-corrected chi connectivity index (χ4v) is 3.62.